The Morgan fingerprint density at radius 2 is 1.82 bits per heavy atom. The van der Waals surface area contributed by atoms with E-state index in [1.165, 1.54) is 0 Å². The van der Waals surface area contributed by atoms with Crippen molar-refractivity contribution in [2.24, 2.45) is 0 Å². The lowest BCUT2D eigenvalue weighted by Gasteiger charge is -2.09. The summed E-state index contributed by atoms with van der Waals surface area (Å²) in [7, 11) is 0. The zero-order valence-corrected chi connectivity index (χ0v) is 10.1. The molecule has 0 saturated carbocycles. The average molecular weight is 227 g/mol. The minimum absolute atomic E-state index is 0.793. The van der Waals surface area contributed by atoms with Gasteiger partial charge in [0.15, 0.2) is 6.20 Å². The fourth-order valence-electron chi connectivity index (χ4n) is 2.01. The molecular formula is C15H17NO. The Hall–Kier alpha value is -1.83. The van der Waals surface area contributed by atoms with E-state index in [0.29, 0.717) is 0 Å². The highest BCUT2D eigenvalue weighted by molar-refractivity contribution is 5.59. The highest BCUT2D eigenvalue weighted by Gasteiger charge is 2.13. The van der Waals surface area contributed by atoms with E-state index < -0.39 is 0 Å². The number of hydrogen-bond donors (Lipinski definition) is 0. The van der Waals surface area contributed by atoms with E-state index in [0.717, 1.165) is 40.8 Å². The summed E-state index contributed by atoms with van der Waals surface area (Å²) < 4.78 is 0.973. The first kappa shape index (κ1) is 11.6. The molecule has 2 aromatic rings. The first-order valence-electron chi connectivity index (χ1n) is 6.09. The van der Waals surface area contributed by atoms with Gasteiger partial charge in [-0.1, -0.05) is 31.5 Å². The maximum atomic E-state index is 11.9. The van der Waals surface area contributed by atoms with Crippen molar-refractivity contribution in [3.63, 3.8) is 0 Å². The number of hydrogen-bond acceptors (Lipinski definition) is 1. The van der Waals surface area contributed by atoms with E-state index in [9.17, 15) is 5.21 Å². The van der Waals surface area contributed by atoms with E-state index in [1.54, 1.807) is 6.20 Å². The molecule has 2 rings (SSSR count). The van der Waals surface area contributed by atoms with Gasteiger partial charge >= 0.3 is 0 Å². The molecule has 0 aliphatic heterocycles. The Balaban J connectivity index is 2.44. The highest BCUT2D eigenvalue weighted by Crippen LogP contribution is 2.20. The van der Waals surface area contributed by atoms with Gasteiger partial charge in [0.1, 0.15) is 0 Å². The van der Waals surface area contributed by atoms with E-state index in [2.05, 4.69) is 6.92 Å². The van der Waals surface area contributed by atoms with Gasteiger partial charge in [0.05, 0.1) is 0 Å². The average Bonchev–Trinajstić information content (AvgIpc) is 2.37. The van der Waals surface area contributed by atoms with Crippen LogP contribution in [0, 0.1) is 5.21 Å². The summed E-state index contributed by atoms with van der Waals surface area (Å²) in [6.07, 6.45) is 4.79. The predicted octanol–water partition coefficient (Wildman–Crippen LogP) is 3.33. The standard InChI is InChI=1S/C15H17NO/c1-2-3-8-13-11-7-12-16(17)15(13)14-9-5-4-6-10-14/h4-7,9-12H,2-3,8H2,1H3. The third-order valence-corrected chi connectivity index (χ3v) is 2.89. The lowest BCUT2D eigenvalue weighted by molar-refractivity contribution is -0.594. The van der Waals surface area contributed by atoms with Crippen LogP contribution in [0.5, 0.6) is 0 Å². The van der Waals surface area contributed by atoms with E-state index in [1.807, 2.05) is 42.5 Å². The number of pyridine rings is 1. The quantitative estimate of drug-likeness (QED) is 0.581. The van der Waals surface area contributed by atoms with Crippen LogP contribution < -0.4 is 4.73 Å². The molecule has 2 nitrogen and oxygen atoms in total. The van der Waals surface area contributed by atoms with Crippen molar-refractivity contribution in [1.29, 1.82) is 0 Å². The van der Waals surface area contributed by atoms with Crippen LogP contribution in [0.15, 0.2) is 48.7 Å². The zero-order chi connectivity index (χ0) is 12.1. The van der Waals surface area contributed by atoms with Crippen LogP contribution in [0.2, 0.25) is 0 Å². The molecule has 0 atom stereocenters. The Bertz CT molecular complexity index is 480. The molecule has 0 spiro atoms. The van der Waals surface area contributed by atoms with Gasteiger partial charge in [-0.3, -0.25) is 0 Å². The van der Waals surface area contributed by atoms with Crippen LogP contribution in [0.4, 0.5) is 0 Å². The molecule has 2 heteroatoms. The highest BCUT2D eigenvalue weighted by atomic mass is 16.5. The molecule has 0 saturated heterocycles. The van der Waals surface area contributed by atoms with E-state index in [4.69, 9.17) is 0 Å². The van der Waals surface area contributed by atoms with Crippen molar-refractivity contribution in [2.75, 3.05) is 0 Å². The molecule has 0 aliphatic rings. The summed E-state index contributed by atoms with van der Waals surface area (Å²) in [5.41, 5.74) is 2.92. The molecule has 1 aromatic heterocycles. The summed E-state index contributed by atoms with van der Waals surface area (Å²) in [6, 6.07) is 13.7. The monoisotopic (exact) mass is 227 g/mol. The molecule has 88 valence electrons. The fourth-order valence-corrected chi connectivity index (χ4v) is 2.01. The molecular weight excluding hydrogens is 210 g/mol. The van der Waals surface area contributed by atoms with Crippen molar-refractivity contribution in [3.05, 3.63) is 59.4 Å². The molecule has 0 amide bonds. The van der Waals surface area contributed by atoms with E-state index >= 15 is 0 Å². The van der Waals surface area contributed by atoms with Gasteiger partial charge in [-0.2, -0.15) is 4.73 Å². The fraction of sp³-hybridized carbons (Fsp3) is 0.267. The van der Waals surface area contributed by atoms with Gasteiger partial charge in [0.2, 0.25) is 5.69 Å². The Kier molecular flexibility index (Phi) is 3.76. The minimum atomic E-state index is 0.793. The number of aromatic nitrogens is 1. The first-order chi connectivity index (χ1) is 8.33. The number of nitrogens with zero attached hydrogens (tertiary/aromatic N) is 1. The maximum Gasteiger partial charge on any atom is 0.226 e. The second-order valence-electron chi connectivity index (χ2n) is 4.18. The smallest absolute Gasteiger partial charge is 0.226 e. The SMILES string of the molecule is CCCCc1ccc[n+]([O-])c1-c1ccccc1. The molecule has 17 heavy (non-hydrogen) atoms. The van der Waals surface area contributed by atoms with Crippen LogP contribution in [0.25, 0.3) is 11.3 Å². The molecule has 1 heterocycles. The van der Waals surface area contributed by atoms with Gasteiger partial charge in [0.25, 0.3) is 0 Å². The molecule has 0 aliphatic carbocycles. The summed E-state index contributed by atoms with van der Waals surface area (Å²) in [5, 5.41) is 11.9. The van der Waals surface area contributed by atoms with Crippen molar-refractivity contribution >= 4 is 0 Å². The van der Waals surface area contributed by atoms with Gasteiger partial charge in [0, 0.05) is 17.2 Å². The summed E-state index contributed by atoms with van der Waals surface area (Å²) >= 11 is 0. The van der Waals surface area contributed by atoms with Crippen LogP contribution in [0.3, 0.4) is 0 Å². The lowest BCUT2D eigenvalue weighted by Crippen LogP contribution is -2.29. The largest absolute Gasteiger partial charge is 0.618 e. The zero-order valence-electron chi connectivity index (χ0n) is 10.1. The van der Waals surface area contributed by atoms with Crippen molar-refractivity contribution in [1.82, 2.24) is 0 Å². The Morgan fingerprint density at radius 1 is 1.06 bits per heavy atom. The van der Waals surface area contributed by atoms with Gasteiger partial charge in [-0.15, -0.1) is 0 Å². The van der Waals surface area contributed by atoms with Crippen molar-refractivity contribution < 1.29 is 4.73 Å². The Morgan fingerprint density at radius 3 is 2.53 bits per heavy atom. The van der Waals surface area contributed by atoms with Gasteiger partial charge < -0.3 is 5.21 Å². The third kappa shape index (κ3) is 2.64. The molecule has 0 N–H and O–H groups in total. The number of aryl methyl sites for hydroxylation is 1. The Labute approximate surface area is 102 Å². The third-order valence-electron chi connectivity index (χ3n) is 2.89. The first-order valence-corrected chi connectivity index (χ1v) is 6.09. The topological polar surface area (TPSA) is 26.9 Å². The molecule has 0 fully saturated rings. The van der Waals surface area contributed by atoms with Crippen molar-refractivity contribution in [3.8, 4) is 11.3 Å². The summed E-state index contributed by atoms with van der Waals surface area (Å²) in [5.74, 6) is 0. The summed E-state index contributed by atoms with van der Waals surface area (Å²) in [6.45, 7) is 2.16. The maximum absolute atomic E-state index is 11.9. The number of benzene rings is 1. The number of unbranched alkanes of at least 4 members (excludes halogenated alkanes) is 1. The predicted molar refractivity (Wildman–Crippen MR) is 69.5 cm³/mol. The second-order valence-corrected chi connectivity index (χ2v) is 4.18. The van der Waals surface area contributed by atoms with E-state index in [-0.39, 0.29) is 0 Å². The number of rotatable bonds is 4. The van der Waals surface area contributed by atoms with Crippen LogP contribution in [-0.4, -0.2) is 0 Å². The molecule has 0 unspecified atom stereocenters. The molecule has 0 radical (unpaired) electrons. The molecule has 0 bridgehead atoms. The van der Waals surface area contributed by atoms with Crippen LogP contribution in [-0.2, 0) is 6.42 Å². The van der Waals surface area contributed by atoms with Crippen LogP contribution in [0.1, 0.15) is 25.3 Å². The van der Waals surface area contributed by atoms with Gasteiger partial charge in [-0.25, -0.2) is 0 Å². The normalized spacial score (nSPS) is 10.4. The minimum Gasteiger partial charge on any atom is -0.618 e. The lowest BCUT2D eigenvalue weighted by atomic mass is 10.0. The second kappa shape index (κ2) is 5.48. The molecule has 1 aromatic carbocycles. The summed E-state index contributed by atoms with van der Waals surface area (Å²) in [4.78, 5) is 0. The van der Waals surface area contributed by atoms with Gasteiger partial charge in [-0.05, 0) is 31.0 Å². The van der Waals surface area contributed by atoms with Crippen molar-refractivity contribution in [2.45, 2.75) is 26.2 Å². The van der Waals surface area contributed by atoms with Crippen LogP contribution >= 0.6 is 0 Å².